The molecule has 0 aromatic heterocycles. The van der Waals surface area contributed by atoms with Gasteiger partial charge in [0.2, 0.25) is 0 Å². The number of aliphatic hydroxyl groups is 1. The van der Waals surface area contributed by atoms with Gasteiger partial charge in [0.15, 0.2) is 0 Å². The number of hydrogen-bond acceptors (Lipinski definition) is 6. The molecule has 3 unspecified atom stereocenters. The molecular weight excluding hydrogens is 647 g/mol. The molecule has 0 aliphatic heterocycles. The summed E-state index contributed by atoms with van der Waals surface area (Å²) in [7, 11) is 0. The van der Waals surface area contributed by atoms with Gasteiger partial charge in [-0.25, -0.2) is 0 Å². The standard InChI is InChI=1S/C46H89NO5/c1-4-7-10-13-15-20-27-34-43(33-26-19-14-11-8-5-2)51-45(49)35-28-21-16-23-30-37-47(39-40-48)38-31-24-17-22-29-36-46(50)52-44-41-42(44)32-25-18-12-9-6-3/h42-44,48H,4-41H2,1-3H3. The van der Waals surface area contributed by atoms with Gasteiger partial charge in [-0.2, -0.15) is 0 Å². The fraction of sp³-hybridized carbons (Fsp3) is 0.957. The Morgan fingerprint density at radius 3 is 1.46 bits per heavy atom. The van der Waals surface area contributed by atoms with E-state index in [1.165, 1.54) is 135 Å². The third kappa shape index (κ3) is 31.2. The highest BCUT2D eigenvalue weighted by Gasteiger charge is 2.39. The molecule has 1 fully saturated rings. The summed E-state index contributed by atoms with van der Waals surface area (Å²) in [4.78, 5) is 27.3. The molecule has 1 aliphatic carbocycles. The van der Waals surface area contributed by atoms with Gasteiger partial charge < -0.3 is 19.5 Å². The van der Waals surface area contributed by atoms with E-state index in [2.05, 4.69) is 25.7 Å². The first-order chi connectivity index (χ1) is 25.5. The van der Waals surface area contributed by atoms with Gasteiger partial charge in [0.1, 0.15) is 12.2 Å². The van der Waals surface area contributed by atoms with Gasteiger partial charge in [-0.1, -0.05) is 162 Å². The first-order valence-electron chi connectivity index (χ1n) is 23.3. The van der Waals surface area contributed by atoms with Crippen LogP contribution in [-0.2, 0) is 19.1 Å². The highest BCUT2D eigenvalue weighted by atomic mass is 16.6. The number of unbranched alkanes of at least 4 members (excludes halogenated alkanes) is 23. The smallest absolute Gasteiger partial charge is 0.306 e. The predicted molar refractivity (Wildman–Crippen MR) is 221 cm³/mol. The molecule has 52 heavy (non-hydrogen) atoms. The molecule has 0 saturated heterocycles. The fourth-order valence-corrected chi connectivity index (χ4v) is 7.64. The van der Waals surface area contributed by atoms with Crippen molar-refractivity contribution in [2.75, 3.05) is 26.2 Å². The lowest BCUT2D eigenvalue weighted by atomic mass is 10.0. The molecule has 0 heterocycles. The first-order valence-corrected chi connectivity index (χ1v) is 23.3. The van der Waals surface area contributed by atoms with Crippen LogP contribution in [-0.4, -0.2) is 60.4 Å². The van der Waals surface area contributed by atoms with E-state index in [1.807, 2.05) is 0 Å². The summed E-state index contributed by atoms with van der Waals surface area (Å²) < 4.78 is 11.7. The first kappa shape index (κ1) is 48.9. The monoisotopic (exact) mass is 736 g/mol. The number of rotatable bonds is 41. The minimum Gasteiger partial charge on any atom is -0.462 e. The molecule has 1 N–H and O–H groups in total. The fourth-order valence-electron chi connectivity index (χ4n) is 7.64. The molecule has 0 aromatic rings. The van der Waals surface area contributed by atoms with E-state index < -0.39 is 0 Å². The Hall–Kier alpha value is -1.14. The van der Waals surface area contributed by atoms with Crippen molar-refractivity contribution in [3.63, 3.8) is 0 Å². The highest BCUT2D eigenvalue weighted by molar-refractivity contribution is 5.70. The molecule has 1 aliphatic rings. The molecule has 308 valence electrons. The molecule has 1 saturated carbocycles. The maximum Gasteiger partial charge on any atom is 0.306 e. The zero-order valence-corrected chi connectivity index (χ0v) is 35.1. The van der Waals surface area contributed by atoms with Crippen LogP contribution in [0.4, 0.5) is 0 Å². The molecule has 6 heteroatoms. The Balaban J connectivity index is 2.08. The van der Waals surface area contributed by atoms with Crippen LogP contribution >= 0.6 is 0 Å². The Morgan fingerprint density at radius 2 is 0.962 bits per heavy atom. The lowest BCUT2D eigenvalue weighted by Crippen LogP contribution is -2.29. The largest absolute Gasteiger partial charge is 0.462 e. The third-order valence-electron chi connectivity index (χ3n) is 11.3. The minimum atomic E-state index is 0.00839. The zero-order valence-electron chi connectivity index (χ0n) is 35.1. The number of aliphatic hydroxyl groups excluding tert-OH is 1. The van der Waals surface area contributed by atoms with E-state index in [1.54, 1.807) is 0 Å². The summed E-state index contributed by atoms with van der Waals surface area (Å²) in [6, 6.07) is 0. The SMILES string of the molecule is CCCCCCCCCC(CCCCCCCC)OC(=O)CCCCCCCN(CCO)CCCCCCCC(=O)OC1CC1CCCCCCC. The number of hydrogen-bond donors (Lipinski definition) is 1. The van der Waals surface area contributed by atoms with E-state index in [9.17, 15) is 14.7 Å². The van der Waals surface area contributed by atoms with Crippen molar-refractivity contribution in [2.45, 2.75) is 251 Å². The topological polar surface area (TPSA) is 76.1 Å². The molecule has 3 atom stereocenters. The van der Waals surface area contributed by atoms with Crippen molar-refractivity contribution in [3.8, 4) is 0 Å². The zero-order chi connectivity index (χ0) is 37.7. The second-order valence-corrected chi connectivity index (χ2v) is 16.4. The molecule has 0 bridgehead atoms. The number of nitrogens with zero attached hydrogens (tertiary/aromatic N) is 1. The summed E-state index contributed by atoms with van der Waals surface area (Å²) in [5, 5.41) is 9.57. The van der Waals surface area contributed by atoms with E-state index in [0.29, 0.717) is 18.8 Å². The molecule has 1 rings (SSSR count). The Kier molecular flexibility index (Phi) is 34.6. The summed E-state index contributed by atoms with van der Waals surface area (Å²) >= 11 is 0. The van der Waals surface area contributed by atoms with Gasteiger partial charge in [0.25, 0.3) is 0 Å². The lowest BCUT2D eigenvalue weighted by molar-refractivity contribution is -0.150. The van der Waals surface area contributed by atoms with Crippen LogP contribution < -0.4 is 0 Å². The Labute approximate surface area is 323 Å². The van der Waals surface area contributed by atoms with E-state index in [-0.39, 0.29) is 30.8 Å². The van der Waals surface area contributed by atoms with Crippen LogP contribution in [0.3, 0.4) is 0 Å². The average Bonchev–Trinajstić information content (AvgIpc) is 3.88. The van der Waals surface area contributed by atoms with Gasteiger partial charge in [0.05, 0.1) is 6.61 Å². The molecule has 0 radical (unpaired) electrons. The van der Waals surface area contributed by atoms with Crippen LogP contribution in [0.1, 0.15) is 239 Å². The maximum absolute atomic E-state index is 12.7. The van der Waals surface area contributed by atoms with Crippen molar-refractivity contribution in [1.29, 1.82) is 0 Å². The molecular formula is C46H89NO5. The predicted octanol–water partition coefficient (Wildman–Crippen LogP) is 13.1. The number of carbonyl (C=O) groups excluding carboxylic acids is 2. The van der Waals surface area contributed by atoms with Crippen LogP contribution in [0, 0.1) is 5.92 Å². The average molecular weight is 736 g/mol. The quantitative estimate of drug-likeness (QED) is 0.0498. The van der Waals surface area contributed by atoms with Crippen LogP contribution in [0.2, 0.25) is 0 Å². The molecule has 0 aromatic carbocycles. The number of carbonyl (C=O) groups is 2. The van der Waals surface area contributed by atoms with Gasteiger partial charge in [-0.3, -0.25) is 9.59 Å². The summed E-state index contributed by atoms with van der Waals surface area (Å²) in [6.07, 6.45) is 40.2. The Bertz CT molecular complexity index is 791. The van der Waals surface area contributed by atoms with E-state index >= 15 is 0 Å². The second-order valence-electron chi connectivity index (χ2n) is 16.4. The normalized spacial score (nSPS) is 16.0. The van der Waals surface area contributed by atoms with Crippen molar-refractivity contribution < 1.29 is 24.2 Å². The summed E-state index contributed by atoms with van der Waals surface area (Å²) in [6.45, 7) is 9.81. The highest BCUT2D eigenvalue weighted by Crippen LogP contribution is 2.38. The molecule has 0 spiro atoms. The molecule has 6 nitrogen and oxygen atoms in total. The van der Waals surface area contributed by atoms with Crippen molar-refractivity contribution in [1.82, 2.24) is 4.90 Å². The van der Waals surface area contributed by atoms with Gasteiger partial charge in [-0.15, -0.1) is 0 Å². The summed E-state index contributed by atoms with van der Waals surface area (Å²) in [5.74, 6) is 0.655. The van der Waals surface area contributed by atoms with Gasteiger partial charge in [-0.05, 0) is 83.2 Å². The van der Waals surface area contributed by atoms with Crippen molar-refractivity contribution in [2.24, 2.45) is 5.92 Å². The van der Waals surface area contributed by atoms with Crippen molar-refractivity contribution in [3.05, 3.63) is 0 Å². The second kappa shape index (κ2) is 36.8. The van der Waals surface area contributed by atoms with Crippen LogP contribution in [0.15, 0.2) is 0 Å². The lowest BCUT2D eigenvalue weighted by Gasteiger charge is -2.21. The third-order valence-corrected chi connectivity index (χ3v) is 11.3. The Morgan fingerprint density at radius 1 is 0.538 bits per heavy atom. The van der Waals surface area contributed by atoms with Gasteiger partial charge in [0, 0.05) is 19.4 Å². The van der Waals surface area contributed by atoms with Gasteiger partial charge >= 0.3 is 11.9 Å². The van der Waals surface area contributed by atoms with Crippen molar-refractivity contribution >= 4 is 11.9 Å². The minimum absolute atomic E-state index is 0.00839. The molecule has 0 amide bonds. The van der Waals surface area contributed by atoms with E-state index in [0.717, 1.165) is 90.3 Å². The van der Waals surface area contributed by atoms with E-state index in [4.69, 9.17) is 9.47 Å². The van der Waals surface area contributed by atoms with Crippen LogP contribution in [0.5, 0.6) is 0 Å². The summed E-state index contributed by atoms with van der Waals surface area (Å²) in [5.41, 5.74) is 0. The number of ether oxygens (including phenoxy) is 2. The van der Waals surface area contributed by atoms with Crippen LogP contribution in [0.25, 0.3) is 0 Å². The number of esters is 2. The maximum atomic E-state index is 12.7.